The average molecular weight is 319 g/mol. The number of amides is 2. The minimum Gasteiger partial charge on any atom is -0.395 e. The van der Waals surface area contributed by atoms with E-state index >= 15 is 0 Å². The molecule has 1 heterocycles. The second kappa shape index (κ2) is 8.08. The quantitative estimate of drug-likeness (QED) is 0.832. The van der Waals surface area contributed by atoms with E-state index in [0.717, 1.165) is 18.7 Å². The summed E-state index contributed by atoms with van der Waals surface area (Å²) in [4.78, 5) is 28.5. The smallest absolute Gasteiger partial charge is 0.241 e. The SMILES string of the molecule is CCCN(CCO)CC(=O)N1c2ccccc2NC(=O)C[C@H]1C. The lowest BCUT2D eigenvalue weighted by atomic mass is 10.1. The first-order valence-corrected chi connectivity index (χ1v) is 8.11. The van der Waals surface area contributed by atoms with Crippen molar-refractivity contribution in [1.82, 2.24) is 4.90 Å². The van der Waals surface area contributed by atoms with Crippen LogP contribution < -0.4 is 10.2 Å². The van der Waals surface area contributed by atoms with Gasteiger partial charge in [0.15, 0.2) is 0 Å². The van der Waals surface area contributed by atoms with Gasteiger partial charge in [0.05, 0.1) is 24.5 Å². The van der Waals surface area contributed by atoms with Crippen molar-refractivity contribution in [3.05, 3.63) is 24.3 Å². The molecule has 6 heteroatoms. The number of hydrogen-bond donors (Lipinski definition) is 2. The first kappa shape index (κ1) is 17.4. The van der Waals surface area contributed by atoms with Gasteiger partial charge in [0.2, 0.25) is 11.8 Å². The second-order valence-corrected chi connectivity index (χ2v) is 5.88. The van der Waals surface area contributed by atoms with E-state index in [1.807, 2.05) is 43.0 Å². The van der Waals surface area contributed by atoms with E-state index in [-0.39, 0.29) is 37.4 Å². The summed E-state index contributed by atoms with van der Waals surface area (Å²) < 4.78 is 0. The summed E-state index contributed by atoms with van der Waals surface area (Å²) in [7, 11) is 0. The molecule has 2 amide bonds. The molecule has 0 fully saturated rings. The lowest BCUT2D eigenvalue weighted by molar-refractivity contribution is -0.120. The summed E-state index contributed by atoms with van der Waals surface area (Å²) in [5.74, 6) is -0.135. The topological polar surface area (TPSA) is 72.9 Å². The summed E-state index contributed by atoms with van der Waals surface area (Å²) in [5.41, 5.74) is 1.40. The number of para-hydroxylation sites is 2. The van der Waals surface area contributed by atoms with Crippen molar-refractivity contribution in [1.29, 1.82) is 0 Å². The maximum absolute atomic E-state index is 12.9. The number of hydrogen-bond acceptors (Lipinski definition) is 4. The van der Waals surface area contributed by atoms with Crippen LogP contribution in [0.5, 0.6) is 0 Å². The maximum atomic E-state index is 12.9. The highest BCUT2D eigenvalue weighted by Crippen LogP contribution is 2.31. The van der Waals surface area contributed by atoms with Crippen molar-refractivity contribution in [3.63, 3.8) is 0 Å². The van der Waals surface area contributed by atoms with Gasteiger partial charge in [0.1, 0.15) is 0 Å². The highest BCUT2D eigenvalue weighted by Gasteiger charge is 2.30. The highest BCUT2D eigenvalue weighted by molar-refractivity contribution is 6.04. The molecule has 126 valence electrons. The predicted octanol–water partition coefficient (Wildman–Crippen LogP) is 1.45. The van der Waals surface area contributed by atoms with Crippen molar-refractivity contribution in [2.24, 2.45) is 0 Å². The van der Waals surface area contributed by atoms with Crippen LogP contribution in [0.25, 0.3) is 0 Å². The average Bonchev–Trinajstić information content (AvgIpc) is 2.61. The molecule has 2 N–H and O–H groups in total. The Balaban J connectivity index is 2.25. The number of rotatable bonds is 6. The summed E-state index contributed by atoms with van der Waals surface area (Å²) in [6.07, 6.45) is 1.19. The maximum Gasteiger partial charge on any atom is 0.241 e. The van der Waals surface area contributed by atoms with Crippen LogP contribution in [0.1, 0.15) is 26.7 Å². The number of nitrogens with one attached hydrogen (secondary N) is 1. The third-order valence-electron chi connectivity index (χ3n) is 3.94. The molecule has 0 bridgehead atoms. The van der Waals surface area contributed by atoms with Gasteiger partial charge in [-0.1, -0.05) is 19.1 Å². The number of aliphatic hydroxyl groups excluding tert-OH is 1. The number of carbonyl (C=O) groups excluding carboxylic acids is 2. The van der Waals surface area contributed by atoms with Crippen molar-refractivity contribution in [3.8, 4) is 0 Å². The molecule has 23 heavy (non-hydrogen) atoms. The predicted molar refractivity (Wildman–Crippen MR) is 90.5 cm³/mol. The van der Waals surface area contributed by atoms with Crippen LogP contribution in [0.2, 0.25) is 0 Å². The molecule has 0 radical (unpaired) electrons. The summed E-state index contributed by atoms with van der Waals surface area (Å²) >= 11 is 0. The van der Waals surface area contributed by atoms with E-state index < -0.39 is 0 Å². The Morgan fingerprint density at radius 1 is 1.39 bits per heavy atom. The third-order valence-corrected chi connectivity index (χ3v) is 3.94. The van der Waals surface area contributed by atoms with E-state index in [1.54, 1.807) is 4.90 Å². The molecule has 1 atom stereocenters. The van der Waals surface area contributed by atoms with Crippen LogP contribution in [0, 0.1) is 0 Å². The molecular weight excluding hydrogens is 294 g/mol. The number of benzene rings is 1. The highest BCUT2D eigenvalue weighted by atomic mass is 16.3. The van der Waals surface area contributed by atoms with Gasteiger partial charge in [-0.25, -0.2) is 0 Å². The van der Waals surface area contributed by atoms with Crippen molar-refractivity contribution < 1.29 is 14.7 Å². The first-order valence-electron chi connectivity index (χ1n) is 8.11. The molecule has 2 rings (SSSR count). The fourth-order valence-electron chi connectivity index (χ4n) is 2.96. The molecule has 0 spiro atoms. The Morgan fingerprint density at radius 3 is 2.83 bits per heavy atom. The van der Waals surface area contributed by atoms with Gasteiger partial charge >= 0.3 is 0 Å². The Morgan fingerprint density at radius 2 is 2.13 bits per heavy atom. The molecule has 1 aliphatic heterocycles. The molecule has 6 nitrogen and oxygen atoms in total. The van der Waals surface area contributed by atoms with Gasteiger partial charge in [0.25, 0.3) is 0 Å². The molecule has 0 aliphatic carbocycles. The van der Waals surface area contributed by atoms with Crippen LogP contribution >= 0.6 is 0 Å². The Bertz CT molecular complexity index is 556. The molecule has 0 saturated carbocycles. The van der Waals surface area contributed by atoms with E-state index in [0.29, 0.717) is 12.2 Å². The lowest BCUT2D eigenvalue weighted by Gasteiger charge is -2.30. The fraction of sp³-hybridized carbons (Fsp3) is 0.529. The monoisotopic (exact) mass is 319 g/mol. The summed E-state index contributed by atoms with van der Waals surface area (Å²) in [6.45, 7) is 5.42. The van der Waals surface area contributed by atoms with Gasteiger partial charge in [-0.15, -0.1) is 0 Å². The fourth-order valence-corrected chi connectivity index (χ4v) is 2.96. The molecule has 1 aromatic carbocycles. The van der Waals surface area contributed by atoms with Gasteiger partial charge in [-0.2, -0.15) is 0 Å². The Kier molecular flexibility index (Phi) is 6.12. The van der Waals surface area contributed by atoms with Crippen LogP contribution in [0.3, 0.4) is 0 Å². The van der Waals surface area contributed by atoms with E-state index in [2.05, 4.69) is 5.32 Å². The molecule has 0 unspecified atom stereocenters. The number of anilines is 2. The van der Waals surface area contributed by atoms with Crippen molar-refractivity contribution in [2.75, 3.05) is 36.5 Å². The van der Waals surface area contributed by atoms with Crippen LogP contribution in [0.15, 0.2) is 24.3 Å². The Labute approximate surface area is 137 Å². The van der Waals surface area contributed by atoms with E-state index in [1.165, 1.54) is 0 Å². The lowest BCUT2D eigenvalue weighted by Crippen LogP contribution is -2.45. The van der Waals surface area contributed by atoms with Crippen LogP contribution in [-0.4, -0.2) is 54.1 Å². The molecule has 0 aromatic heterocycles. The minimum atomic E-state index is -0.205. The molecule has 1 aromatic rings. The summed E-state index contributed by atoms with van der Waals surface area (Å²) in [5, 5.41) is 12.0. The number of carbonyl (C=O) groups is 2. The molecule has 0 saturated heterocycles. The van der Waals surface area contributed by atoms with Gasteiger partial charge in [-0.05, 0) is 32.0 Å². The van der Waals surface area contributed by atoms with Crippen LogP contribution in [0.4, 0.5) is 11.4 Å². The zero-order valence-electron chi connectivity index (χ0n) is 13.8. The molecule has 1 aliphatic rings. The first-order chi connectivity index (χ1) is 11.1. The van der Waals surface area contributed by atoms with Gasteiger partial charge in [-0.3, -0.25) is 14.5 Å². The van der Waals surface area contributed by atoms with E-state index in [9.17, 15) is 9.59 Å². The normalized spacial score (nSPS) is 17.7. The second-order valence-electron chi connectivity index (χ2n) is 5.88. The van der Waals surface area contributed by atoms with E-state index in [4.69, 9.17) is 5.11 Å². The zero-order chi connectivity index (χ0) is 16.8. The minimum absolute atomic E-state index is 0.0272. The third kappa shape index (κ3) is 4.30. The zero-order valence-corrected chi connectivity index (χ0v) is 13.8. The number of nitrogens with zero attached hydrogens (tertiary/aromatic N) is 2. The van der Waals surface area contributed by atoms with Crippen molar-refractivity contribution in [2.45, 2.75) is 32.7 Å². The number of aliphatic hydroxyl groups is 1. The molecular formula is C17H25N3O3. The van der Waals surface area contributed by atoms with Gasteiger partial charge in [0, 0.05) is 19.0 Å². The van der Waals surface area contributed by atoms with Crippen LogP contribution in [-0.2, 0) is 9.59 Å². The summed E-state index contributed by atoms with van der Waals surface area (Å²) in [6, 6.07) is 7.16. The Hall–Kier alpha value is -1.92. The van der Waals surface area contributed by atoms with Crippen molar-refractivity contribution >= 4 is 23.2 Å². The van der Waals surface area contributed by atoms with Gasteiger partial charge < -0.3 is 15.3 Å². The largest absolute Gasteiger partial charge is 0.395 e. The number of fused-ring (bicyclic) bond motifs is 1. The standard InChI is InChI=1S/C17H25N3O3/c1-3-8-19(9-10-21)12-17(23)20-13(2)11-16(22)18-14-6-4-5-7-15(14)20/h4-7,13,21H,3,8-12H2,1-2H3,(H,18,22)/t13-/m1/s1.